The van der Waals surface area contributed by atoms with Gasteiger partial charge in [-0.3, -0.25) is 0 Å². The first-order valence-corrected chi connectivity index (χ1v) is 7.64. The zero-order valence-corrected chi connectivity index (χ0v) is 12.5. The zero-order chi connectivity index (χ0) is 13.9. The quantitative estimate of drug-likeness (QED) is 0.638. The third kappa shape index (κ3) is 7.22. The molecule has 1 atom stereocenters. The van der Waals surface area contributed by atoms with Gasteiger partial charge in [0.1, 0.15) is 5.75 Å². The van der Waals surface area contributed by atoms with Crippen molar-refractivity contribution in [2.75, 3.05) is 7.11 Å². The van der Waals surface area contributed by atoms with E-state index in [2.05, 4.69) is 19.1 Å². The van der Waals surface area contributed by atoms with Gasteiger partial charge in [0.25, 0.3) is 0 Å². The van der Waals surface area contributed by atoms with Gasteiger partial charge in [-0.15, -0.1) is 0 Å². The summed E-state index contributed by atoms with van der Waals surface area (Å²) in [7, 11) is 1.70. The summed E-state index contributed by atoms with van der Waals surface area (Å²) in [5, 5.41) is 0. The van der Waals surface area contributed by atoms with Crippen molar-refractivity contribution in [3.63, 3.8) is 0 Å². The van der Waals surface area contributed by atoms with Gasteiger partial charge in [0.05, 0.1) is 7.11 Å². The highest BCUT2D eigenvalue weighted by Gasteiger charge is 2.03. The number of unbranched alkanes of at least 4 members (excludes halogenated alkanes) is 4. The summed E-state index contributed by atoms with van der Waals surface area (Å²) < 4.78 is 5.16. The highest BCUT2D eigenvalue weighted by Crippen LogP contribution is 2.14. The van der Waals surface area contributed by atoms with Crippen LogP contribution in [0.25, 0.3) is 0 Å². The molecule has 1 aromatic carbocycles. The molecule has 0 saturated heterocycles. The van der Waals surface area contributed by atoms with Gasteiger partial charge in [-0.1, -0.05) is 51.2 Å². The van der Waals surface area contributed by atoms with Crippen LogP contribution in [0.15, 0.2) is 24.3 Å². The monoisotopic (exact) mass is 263 g/mol. The molecule has 0 bridgehead atoms. The molecule has 0 aliphatic carbocycles. The van der Waals surface area contributed by atoms with Crippen LogP contribution in [0.3, 0.4) is 0 Å². The molecular weight excluding hydrogens is 234 g/mol. The Balaban J connectivity index is 2.13. The first kappa shape index (κ1) is 16.0. The average molecular weight is 263 g/mol. The van der Waals surface area contributed by atoms with Gasteiger partial charge in [-0.2, -0.15) is 0 Å². The minimum atomic E-state index is 0.351. The summed E-state index contributed by atoms with van der Waals surface area (Å²) in [6.45, 7) is 2.25. The van der Waals surface area contributed by atoms with Crippen LogP contribution in [0.1, 0.15) is 57.4 Å². The van der Waals surface area contributed by atoms with Crippen LogP contribution in [0.4, 0.5) is 0 Å². The smallest absolute Gasteiger partial charge is 0.118 e. The van der Waals surface area contributed by atoms with Crippen LogP contribution < -0.4 is 10.5 Å². The Morgan fingerprint density at radius 1 is 1.00 bits per heavy atom. The van der Waals surface area contributed by atoms with Crippen LogP contribution in [-0.4, -0.2) is 13.2 Å². The lowest BCUT2D eigenvalue weighted by Crippen LogP contribution is -2.20. The molecule has 1 unspecified atom stereocenters. The van der Waals surface area contributed by atoms with Crippen LogP contribution in [0, 0.1) is 0 Å². The van der Waals surface area contributed by atoms with E-state index in [1.807, 2.05) is 12.1 Å². The molecule has 19 heavy (non-hydrogen) atoms. The molecule has 2 nitrogen and oxygen atoms in total. The van der Waals surface area contributed by atoms with Crippen LogP contribution in [0.2, 0.25) is 0 Å². The molecule has 1 rings (SSSR count). The van der Waals surface area contributed by atoms with Crippen molar-refractivity contribution in [1.29, 1.82) is 0 Å². The number of aryl methyl sites for hydroxylation is 1. The summed E-state index contributed by atoms with van der Waals surface area (Å²) in [5.74, 6) is 0.920. The highest BCUT2D eigenvalue weighted by atomic mass is 16.5. The zero-order valence-electron chi connectivity index (χ0n) is 12.5. The van der Waals surface area contributed by atoms with Crippen LogP contribution in [-0.2, 0) is 6.42 Å². The van der Waals surface area contributed by atoms with E-state index < -0.39 is 0 Å². The normalized spacial score (nSPS) is 12.4. The molecule has 0 aliphatic rings. The number of nitrogens with two attached hydrogens (primary N) is 1. The number of ether oxygens (including phenoxy) is 1. The second-order valence-corrected chi connectivity index (χ2v) is 5.35. The summed E-state index contributed by atoms with van der Waals surface area (Å²) in [6, 6.07) is 8.65. The van der Waals surface area contributed by atoms with Crippen molar-refractivity contribution in [2.45, 2.75) is 64.3 Å². The summed E-state index contributed by atoms with van der Waals surface area (Å²) >= 11 is 0. The lowest BCUT2D eigenvalue weighted by atomic mass is 10.0. The number of rotatable bonds is 10. The van der Waals surface area contributed by atoms with Gasteiger partial charge in [0.15, 0.2) is 0 Å². The van der Waals surface area contributed by atoms with Gasteiger partial charge in [-0.05, 0) is 37.0 Å². The predicted molar refractivity (Wildman–Crippen MR) is 82.7 cm³/mol. The molecule has 0 aliphatic heterocycles. The predicted octanol–water partition coefficient (Wildman–Crippen LogP) is 4.32. The Labute approximate surface area is 118 Å². The van der Waals surface area contributed by atoms with Crippen LogP contribution in [0.5, 0.6) is 5.75 Å². The SMILES string of the molecule is CCCCCCCC(N)CCc1ccc(OC)cc1. The Bertz CT molecular complexity index is 321. The molecule has 2 N–H and O–H groups in total. The topological polar surface area (TPSA) is 35.2 Å². The van der Waals surface area contributed by atoms with E-state index in [1.54, 1.807) is 7.11 Å². The molecular formula is C17H29NO. The van der Waals surface area contributed by atoms with Crippen molar-refractivity contribution >= 4 is 0 Å². The van der Waals surface area contributed by atoms with Gasteiger partial charge in [-0.25, -0.2) is 0 Å². The number of benzene rings is 1. The minimum absolute atomic E-state index is 0.351. The van der Waals surface area contributed by atoms with Crippen molar-refractivity contribution in [1.82, 2.24) is 0 Å². The molecule has 0 amide bonds. The van der Waals surface area contributed by atoms with Crippen molar-refractivity contribution in [3.8, 4) is 5.75 Å². The fourth-order valence-electron chi connectivity index (χ4n) is 2.30. The van der Waals surface area contributed by atoms with E-state index in [1.165, 1.54) is 44.1 Å². The third-order valence-electron chi connectivity index (χ3n) is 3.64. The van der Waals surface area contributed by atoms with E-state index in [-0.39, 0.29) is 0 Å². The fraction of sp³-hybridized carbons (Fsp3) is 0.647. The second kappa shape index (κ2) is 9.85. The summed E-state index contributed by atoms with van der Waals surface area (Å²) in [6.07, 6.45) is 9.97. The van der Waals surface area contributed by atoms with E-state index in [0.717, 1.165) is 18.6 Å². The lowest BCUT2D eigenvalue weighted by molar-refractivity contribution is 0.414. The fourth-order valence-corrected chi connectivity index (χ4v) is 2.30. The van der Waals surface area contributed by atoms with Gasteiger partial charge >= 0.3 is 0 Å². The molecule has 108 valence electrons. The van der Waals surface area contributed by atoms with E-state index in [0.29, 0.717) is 6.04 Å². The number of methoxy groups -OCH3 is 1. The Kier molecular flexibility index (Phi) is 8.31. The maximum Gasteiger partial charge on any atom is 0.118 e. The second-order valence-electron chi connectivity index (χ2n) is 5.35. The first-order chi connectivity index (χ1) is 9.26. The molecule has 2 heteroatoms. The van der Waals surface area contributed by atoms with E-state index in [9.17, 15) is 0 Å². The van der Waals surface area contributed by atoms with Crippen molar-refractivity contribution < 1.29 is 4.74 Å². The molecule has 0 radical (unpaired) electrons. The van der Waals surface area contributed by atoms with E-state index >= 15 is 0 Å². The summed E-state index contributed by atoms with van der Waals surface area (Å²) in [4.78, 5) is 0. The molecule has 0 spiro atoms. The molecule has 0 saturated carbocycles. The maximum absolute atomic E-state index is 6.17. The highest BCUT2D eigenvalue weighted by molar-refractivity contribution is 5.27. The number of hydrogen-bond donors (Lipinski definition) is 1. The Morgan fingerprint density at radius 2 is 1.68 bits per heavy atom. The maximum atomic E-state index is 6.17. The lowest BCUT2D eigenvalue weighted by Gasteiger charge is -2.11. The van der Waals surface area contributed by atoms with Gasteiger partial charge < -0.3 is 10.5 Å². The average Bonchev–Trinajstić information content (AvgIpc) is 2.45. The molecule has 0 aromatic heterocycles. The van der Waals surface area contributed by atoms with E-state index in [4.69, 9.17) is 10.5 Å². The van der Waals surface area contributed by atoms with Crippen LogP contribution >= 0.6 is 0 Å². The molecule has 1 aromatic rings. The summed E-state index contributed by atoms with van der Waals surface area (Å²) in [5.41, 5.74) is 7.52. The Morgan fingerprint density at radius 3 is 2.32 bits per heavy atom. The largest absolute Gasteiger partial charge is 0.497 e. The molecule has 0 fully saturated rings. The molecule has 0 heterocycles. The Hall–Kier alpha value is -1.02. The standard InChI is InChI=1S/C17H29NO/c1-3-4-5-6-7-8-16(18)12-9-15-10-13-17(19-2)14-11-15/h10-11,13-14,16H,3-9,12,18H2,1-2H3. The number of hydrogen-bond acceptors (Lipinski definition) is 2. The van der Waals surface area contributed by atoms with Crippen molar-refractivity contribution in [3.05, 3.63) is 29.8 Å². The minimum Gasteiger partial charge on any atom is -0.497 e. The van der Waals surface area contributed by atoms with Crippen molar-refractivity contribution in [2.24, 2.45) is 5.73 Å². The third-order valence-corrected chi connectivity index (χ3v) is 3.64. The van der Waals surface area contributed by atoms with Gasteiger partial charge in [0, 0.05) is 6.04 Å². The van der Waals surface area contributed by atoms with Gasteiger partial charge in [0.2, 0.25) is 0 Å². The first-order valence-electron chi connectivity index (χ1n) is 7.64.